The van der Waals surface area contributed by atoms with E-state index in [1.54, 1.807) is 4.90 Å². The summed E-state index contributed by atoms with van der Waals surface area (Å²) < 4.78 is 2.09. The van der Waals surface area contributed by atoms with Gasteiger partial charge >= 0.3 is 0 Å². The number of anilines is 1. The fourth-order valence-corrected chi connectivity index (χ4v) is 4.43. The summed E-state index contributed by atoms with van der Waals surface area (Å²) >= 11 is 1.41. The molecule has 1 atom stereocenters. The van der Waals surface area contributed by atoms with Gasteiger partial charge in [-0.2, -0.15) is 0 Å². The summed E-state index contributed by atoms with van der Waals surface area (Å²) in [6, 6.07) is 7.93. The van der Waals surface area contributed by atoms with Crippen LogP contribution in [0, 0.1) is 5.92 Å². The first-order chi connectivity index (χ1) is 14.0. The molecule has 0 spiro atoms. The normalized spacial score (nSPS) is 16.9. The zero-order valence-electron chi connectivity index (χ0n) is 16.8. The fraction of sp³-hybridized carbons (Fsp3) is 0.450. The first-order valence-electron chi connectivity index (χ1n) is 9.83. The molecule has 29 heavy (non-hydrogen) atoms. The minimum atomic E-state index is -0.395. The predicted octanol–water partition coefficient (Wildman–Crippen LogP) is 2.70. The van der Waals surface area contributed by atoms with Gasteiger partial charge in [0.15, 0.2) is 0 Å². The number of rotatable bonds is 6. The van der Waals surface area contributed by atoms with Crippen molar-refractivity contribution in [3.63, 3.8) is 0 Å². The smallest absolute Gasteiger partial charge is 0.229 e. The van der Waals surface area contributed by atoms with E-state index in [9.17, 15) is 9.59 Å². The van der Waals surface area contributed by atoms with Crippen molar-refractivity contribution in [2.75, 3.05) is 11.4 Å². The van der Waals surface area contributed by atoms with Crippen LogP contribution in [0.5, 0.6) is 0 Å². The molecule has 3 aromatic rings. The molecule has 2 amide bonds. The van der Waals surface area contributed by atoms with Gasteiger partial charge in [0.25, 0.3) is 0 Å². The van der Waals surface area contributed by atoms with Gasteiger partial charge in [0.1, 0.15) is 10.8 Å². The third kappa shape index (κ3) is 3.74. The quantitative estimate of drug-likeness (QED) is 0.672. The van der Waals surface area contributed by atoms with E-state index in [1.165, 1.54) is 11.3 Å². The van der Waals surface area contributed by atoms with Crippen molar-refractivity contribution < 1.29 is 9.59 Å². The molecule has 152 valence electrons. The Balaban J connectivity index is 1.42. The van der Waals surface area contributed by atoms with Crippen LogP contribution in [0.15, 0.2) is 24.3 Å². The molecule has 3 heterocycles. The van der Waals surface area contributed by atoms with Crippen LogP contribution in [0.25, 0.3) is 11.0 Å². The summed E-state index contributed by atoms with van der Waals surface area (Å²) in [4.78, 5) is 31.4. The topological polar surface area (TPSA) is 93.0 Å². The number of nitrogens with zero attached hydrogens (tertiary/aromatic N) is 5. The summed E-state index contributed by atoms with van der Waals surface area (Å²) in [7, 11) is 0. The molecule has 1 saturated heterocycles. The van der Waals surface area contributed by atoms with E-state index in [0.29, 0.717) is 18.2 Å². The SMILES string of the molecule is CCn1c(CNC(=O)C2CC(=O)N(c3nnc(C(C)C)s3)C2)nc2ccccc21. The first kappa shape index (κ1) is 19.5. The van der Waals surface area contributed by atoms with Crippen LogP contribution in [0.3, 0.4) is 0 Å². The average Bonchev–Trinajstić information content (AvgIpc) is 3.41. The number of fused-ring (bicyclic) bond motifs is 1. The Bertz CT molecular complexity index is 1060. The van der Waals surface area contributed by atoms with Gasteiger partial charge in [-0.3, -0.25) is 14.5 Å². The van der Waals surface area contributed by atoms with Crippen molar-refractivity contribution >= 4 is 39.3 Å². The predicted molar refractivity (Wildman–Crippen MR) is 112 cm³/mol. The van der Waals surface area contributed by atoms with Crippen LogP contribution in [-0.2, 0) is 22.7 Å². The Labute approximate surface area is 172 Å². The number of hydrogen-bond acceptors (Lipinski definition) is 6. The van der Waals surface area contributed by atoms with E-state index < -0.39 is 5.92 Å². The molecule has 0 saturated carbocycles. The van der Waals surface area contributed by atoms with Gasteiger partial charge in [0.2, 0.25) is 16.9 Å². The Morgan fingerprint density at radius 3 is 2.83 bits per heavy atom. The summed E-state index contributed by atoms with van der Waals surface area (Å²) in [6.45, 7) is 7.58. The largest absolute Gasteiger partial charge is 0.349 e. The van der Waals surface area contributed by atoms with Gasteiger partial charge < -0.3 is 9.88 Å². The number of aryl methyl sites for hydroxylation is 1. The Morgan fingerprint density at radius 2 is 2.10 bits per heavy atom. The molecule has 0 radical (unpaired) electrons. The van der Waals surface area contributed by atoms with E-state index in [4.69, 9.17) is 0 Å². The molecule has 4 rings (SSSR count). The standard InChI is InChI=1S/C20H24N6O2S/c1-4-25-15-8-6-5-7-14(15)22-16(25)10-21-18(28)13-9-17(27)26(11-13)20-24-23-19(29-20)12(2)3/h5-8,12-13H,4,9-11H2,1-3H3,(H,21,28). The summed E-state index contributed by atoms with van der Waals surface area (Å²) in [5.74, 6) is 0.458. The molecule has 1 aliphatic heterocycles. The van der Waals surface area contributed by atoms with Gasteiger partial charge in [-0.1, -0.05) is 37.3 Å². The fourth-order valence-electron chi connectivity index (χ4n) is 3.56. The van der Waals surface area contributed by atoms with Crippen molar-refractivity contribution in [3.05, 3.63) is 35.1 Å². The van der Waals surface area contributed by atoms with Crippen molar-refractivity contribution in [2.45, 2.75) is 46.2 Å². The first-order valence-corrected chi connectivity index (χ1v) is 10.6. The maximum atomic E-state index is 12.7. The molecule has 0 aliphatic carbocycles. The molecule has 9 heteroatoms. The number of carbonyl (C=O) groups is 2. The van der Waals surface area contributed by atoms with Crippen molar-refractivity contribution in [1.82, 2.24) is 25.1 Å². The second-order valence-corrected chi connectivity index (χ2v) is 8.45. The highest BCUT2D eigenvalue weighted by Crippen LogP contribution is 2.30. The van der Waals surface area contributed by atoms with Crippen molar-refractivity contribution in [1.29, 1.82) is 0 Å². The highest BCUT2D eigenvalue weighted by molar-refractivity contribution is 7.15. The lowest BCUT2D eigenvalue weighted by atomic mass is 10.1. The molecule has 1 fully saturated rings. The van der Waals surface area contributed by atoms with Crippen LogP contribution < -0.4 is 10.2 Å². The number of imidazole rings is 1. The maximum absolute atomic E-state index is 12.7. The van der Waals surface area contributed by atoms with E-state index in [-0.39, 0.29) is 24.2 Å². The molecular formula is C20H24N6O2S. The second kappa shape index (κ2) is 7.90. The molecular weight excluding hydrogens is 388 g/mol. The maximum Gasteiger partial charge on any atom is 0.229 e. The van der Waals surface area contributed by atoms with Crippen LogP contribution in [0.2, 0.25) is 0 Å². The van der Waals surface area contributed by atoms with Crippen LogP contribution >= 0.6 is 11.3 Å². The lowest BCUT2D eigenvalue weighted by Crippen LogP contribution is -2.33. The summed E-state index contributed by atoms with van der Waals surface area (Å²) in [5, 5.41) is 12.7. The number of aromatic nitrogens is 4. The molecule has 1 aromatic carbocycles. The molecule has 0 bridgehead atoms. The Hall–Kier alpha value is -2.81. The minimum absolute atomic E-state index is 0.0857. The highest BCUT2D eigenvalue weighted by atomic mass is 32.1. The van der Waals surface area contributed by atoms with E-state index in [2.05, 4.69) is 32.0 Å². The number of benzene rings is 1. The molecule has 1 unspecified atom stereocenters. The minimum Gasteiger partial charge on any atom is -0.349 e. The van der Waals surface area contributed by atoms with E-state index in [1.807, 2.05) is 38.1 Å². The Morgan fingerprint density at radius 1 is 1.31 bits per heavy atom. The number of nitrogens with one attached hydrogen (secondary N) is 1. The molecule has 1 N–H and O–H groups in total. The molecule has 1 aliphatic rings. The second-order valence-electron chi connectivity index (χ2n) is 7.46. The van der Waals surface area contributed by atoms with Gasteiger partial charge in [-0.05, 0) is 19.1 Å². The summed E-state index contributed by atoms with van der Waals surface area (Å²) in [6.07, 6.45) is 0.187. The van der Waals surface area contributed by atoms with E-state index >= 15 is 0 Å². The number of hydrogen-bond donors (Lipinski definition) is 1. The number of carbonyl (C=O) groups excluding carboxylic acids is 2. The van der Waals surface area contributed by atoms with Crippen LogP contribution in [0.1, 0.15) is 43.9 Å². The van der Waals surface area contributed by atoms with Gasteiger partial charge in [0, 0.05) is 25.4 Å². The zero-order valence-corrected chi connectivity index (χ0v) is 17.6. The van der Waals surface area contributed by atoms with Crippen LogP contribution in [0.4, 0.5) is 5.13 Å². The monoisotopic (exact) mass is 412 g/mol. The van der Waals surface area contributed by atoms with E-state index in [0.717, 1.165) is 28.4 Å². The van der Waals surface area contributed by atoms with Crippen LogP contribution in [-0.4, -0.2) is 38.1 Å². The lowest BCUT2D eigenvalue weighted by molar-refractivity contribution is -0.126. The van der Waals surface area contributed by atoms with Crippen molar-refractivity contribution in [3.8, 4) is 0 Å². The zero-order chi connectivity index (χ0) is 20.5. The van der Waals surface area contributed by atoms with Gasteiger partial charge in [-0.25, -0.2) is 4.98 Å². The Kier molecular flexibility index (Phi) is 5.31. The number of amides is 2. The third-order valence-corrected chi connectivity index (χ3v) is 6.37. The molecule has 2 aromatic heterocycles. The average molecular weight is 413 g/mol. The van der Waals surface area contributed by atoms with Crippen molar-refractivity contribution in [2.24, 2.45) is 5.92 Å². The number of para-hydroxylation sites is 2. The lowest BCUT2D eigenvalue weighted by Gasteiger charge is -2.13. The van der Waals surface area contributed by atoms with Gasteiger partial charge in [-0.15, -0.1) is 10.2 Å². The molecule has 8 nitrogen and oxygen atoms in total. The summed E-state index contributed by atoms with van der Waals surface area (Å²) in [5.41, 5.74) is 1.97. The van der Waals surface area contributed by atoms with Gasteiger partial charge in [0.05, 0.1) is 23.5 Å². The highest BCUT2D eigenvalue weighted by Gasteiger charge is 2.36. The third-order valence-electron chi connectivity index (χ3n) is 5.12.